The first-order chi connectivity index (χ1) is 9.05. The second kappa shape index (κ2) is 4.49. The molecule has 1 aliphatic rings. The number of nitrogens with zero attached hydrogens (tertiary/aromatic N) is 4. The van der Waals surface area contributed by atoms with Crippen LogP contribution in [0.15, 0.2) is 18.5 Å². The maximum atomic E-state index is 5.40. The molecule has 3 heterocycles. The van der Waals surface area contributed by atoms with Gasteiger partial charge < -0.3 is 9.64 Å². The van der Waals surface area contributed by atoms with Crippen molar-refractivity contribution in [2.45, 2.75) is 26.2 Å². The van der Waals surface area contributed by atoms with E-state index in [2.05, 4.69) is 41.8 Å². The van der Waals surface area contributed by atoms with Gasteiger partial charge in [-0.05, 0) is 6.07 Å². The SMILES string of the molecule is CC(C)(C)c1cc2c(N3CCOCC3)nccn2n1. The molecule has 1 saturated heterocycles. The third kappa shape index (κ3) is 2.30. The van der Waals surface area contributed by atoms with Crippen LogP contribution in [0.4, 0.5) is 5.82 Å². The fourth-order valence-electron chi connectivity index (χ4n) is 2.29. The highest BCUT2D eigenvalue weighted by atomic mass is 16.5. The van der Waals surface area contributed by atoms with Gasteiger partial charge in [-0.2, -0.15) is 5.10 Å². The molecule has 102 valence electrons. The van der Waals surface area contributed by atoms with E-state index in [1.165, 1.54) is 0 Å². The molecule has 5 nitrogen and oxygen atoms in total. The Morgan fingerprint density at radius 3 is 2.63 bits per heavy atom. The molecule has 0 aliphatic carbocycles. The van der Waals surface area contributed by atoms with Crippen molar-refractivity contribution in [3.8, 4) is 0 Å². The second-order valence-corrected chi connectivity index (χ2v) is 5.96. The highest BCUT2D eigenvalue weighted by Crippen LogP contribution is 2.26. The lowest BCUT2D eigenvalue weighted by atomic mass is 9.92. The fraction of sp³-hybridized carbons (Fsp3) is 0.571. The minimum Gasteiger partial charge on any atom is -0.378 e. The molecule has 0 aromatic carbocycles. The second-order valence-electron chi connectivity index (χ2n) is 5.96. The van der Waals surface area contributed by atoms with Crippen molar-refractivity contribution in [2.24, 2.45) is 0 Å². The maximum absolute atomic E-state index is 5.40. The number of anilines is 1. The molecule has 0 radical (unpaired) electrons. The molecule has 3 rings (SSSR count). The highest BCUT2D eigenvalue weighted by molar-refractivity contribution is 5.69. The lowest BCUT2D eigenvalue weighted by Gasteiger charge is -2.28. The van der Waals surface area contributed by atoms with E-state index in [0.717, 1.165) is 43.3 Å². The summed E-state index contributed by atoms with van der Waals surface area (Å²) in [7, 11) is 0. The number of rotatable bonds is 1. The molecule has 0 atom stereocenters. The average Bonchev–Trinajstić information content (AvgIpc) is 2.83. The molecule has 0 spiro atoms. The Balaban J connectivity index is 2.07. The van der Waals surface area contributed by atoms with Crippen molar-refractivity contribution in [1.82, 2.24) is 14.6 Å². The zero-order valence-electron chi connectivity index (χ0n) is 11.8. The minimum atomic E-state index is 0.0499. The third-order valence-corrected chi connectivity index (χ3v) is 3.45. The Hall–Kier alpha value is -1.62. The van der Waals surface area contributed by atoms with Crippen LogP contribution in [0.2, 0.25) is 0 Å². The molecular formula is C14H20N4O. The molecule has 0 amide bonds. The standard InChI is InChI=1S/C14H20N4O/c1-14(2,3)12-10-11-13(15-4-5-18(11)16-12)17-6-8-19-9-7-17/h4-5,10H,6-9H2,1-3H3. The quantitative estimate of drug-likeness (QED) is 0.785. The van der Waals surface area contributed by atoms with Gasteiger partial charge in [-0.25, -0.2) is 9.50 Å². The smallest absolute Gasteiger partial charge is 0.154 e. The average molecular weight is 260 g/mol. The van der Waals surface area contributed by atoms with E-state index in [0.29, 0.717) is 0 Å². The Kier molecular flexibility index (Phi) is 2.93. The van der Waals surface area contributed by atoms with Crippen molar-refractivity contribution in [2.75, 3.05) is 31.2 Å². The molecule has 0 bridgehead atoms. The lowest BCUT2D eigenvalue weighted by molar-refractivity contribution is 0.122. The predicted molar refractivity (Wildman–Crippen MR) is 74.7 cm³/mol. The van der Waals surface area contributed by atoms with E-state index in [4.69, 9.17) is 4.74 Å². The van der Waals surface area contributed by atoms with Gasteiger partial charge in [0.25, 0.3) is 0 Å². The van der Waals surface area contributed by atoms with Crippen molar-refractivity contribution < 1.29 is 4.74 Å². The Morgan fingerprint density at radius 2 is 1.95 bits per heavy atom. The maximum Gasteiger partial charge on any atom is 0.154 e. The van der Waals surface area contributed by atoms with Gasteiger partial charge in [-0.1, -0.05) is 20.8 Å². The molecule has 0 N–H and O–H groups in total. The molecule has 5 heteroatoms. The Labute approximate surface area is 113 Å². The summed E-state index contributed by atoms with van der Waals surface area (Å²) in [6.45, 7) is 9.85. The van der Waals surface area contributed by atoms with E-state index in [9.17, 15) is 0 Å². The van der Waals surface area contributed by atoms with Crippen LogP contribution in [0.5, 0.6) is 0 Å². The van der Waals surface area contributed by atoms with Crippen molar-refractivity contribution in [3.63, 3.8) is 0 Å². The number of hydrogen-bond donors (Lipinski definition) is 0. The van der Waals surface area contributed by atoms with Gasteiger partial charge in [0.05, 0.1) is 18.9 Å². The van der Waals surface area contributed by atoms with Crippen LogP contribution in [0.3, 0.4) is 0 Å². The van der Waals surface area contributed by atoms with Crippen LogP contribution < -0.4 is 4.90 Å². The topological polar surface area (TPSA) is 42.7 Å². The molecule has 19 heavy (non-hydrogen) atoms. The fourth-order valence-corrected chi connectivity index (χ4v) is 2.29. The van der Waals surface area contributed by atoms with Crippen LogP contribution in [0.1, 0.15) is 26.5 Å². The largest absolute Gasteiger partial charge is 0.378 e. The molecular weight excluding hydrogens is 240 g/mol. The molecule has 2 aromatic rings. The summed E-state index contributed by atoms with van der Waals surface area (Å²) >= 11 is 0. The first-order valence-electron chi connectivity index (χ1n) is 6.73. The third-order valence-electron chi connectivity index (χ3n) is 3.45. The minimum absolute atomic E-state index is 0.0499. The van der Waals surface area contributed by atoms with Gasteiger partial charge in [0.1, 0.15) is 5.52 Å². The molecule has 2 aromatic heterocycles. The number of aromatic nitrogens is 3. The zero-order valence-corrected chi connectivity index (χ0v) is 11.8. The summed E-state index contributed by atoms with van der Waals surface area (Å²) < 4.78 is 7.33. The van der Waals surface area contributed by atoms with Crippen LogP contribution in [0.25, 0.3) is 5.52 Å². The van der Waals surface area contributed by atoms with E-state index in [1.54, 1.807) is 0 Å². The number of morpholine rings is 1. The van der Waals surface area contributed by atoms with Crippen LogP contribution in [-0.2, 0) is 10.2 Å². The molecule has 1 fully saturated rings. The zero-order chi connectivity index (χ0) is 13.5. The molecule has 1 aliphatic heterocycles. The highest BCUT2D eigenvalue weighted by Gasteiger charge is 2.21. The summed E-state index contributed by atoms with van der Waals surface area (Å²) in [4.78, 5) is 6.81. The van der Waals surface area contributed by atoms with Gasteiger partial charge in [0, 0.05) is 30.9 Å². The number of hydrogen-bond acceptors (Lipinski definition) is 4. The summed E-state index contributed by atoms with van der Waals surface area (Å²) in [6, 6.07) is 2.15. The summed E-state index contributed by atoms with van der Waals surface area (Å²) in [6.07, 6.45) is 3.73. The van der Waals surface area contributed by atoms with Crippen molar-refractivity contribution in [1.29, 1.82) is 0 Å². The number of fused-ring (bicyclic) bond motifs is 1. The summed E-state index contributed by atoms with van der Waals surface area (Å²) in [5.74, 6) is 1.01. The Morgan fingerprint density at radius 1 is 1.21 bits per heavy atom. The van der Waals surface area contributed by atoms with Gasteiger partial charge in [0.15, 0.2) is 5.82 Å². The monoisotopic (exact) mass is 260 g/mol. The van der Waals surface area contributed by atoms with Crippen molar-refractivity contribution >= 4 is 11.3 Å². The normalized spacial score (nSPS) is 17.1. The van der Waals surface area contributed by atoms with Gasteiger partial charge >= 0.3 is 0 Å². The van der Waals surface area contributed by atoms with E-state index < -0.39 is 0 Å². The predicted octanol–water partition coefficient (Wildman–Crippen LogP) is 1.86. The van der Waals surface area contributed by atoms with E-state index in [1.807, 2.05) is 16.9 Å². The molecule has 0 saturated carbocycles. The van der Waals surface area contributed by atoms with Crippen LogP contribution >= 0.6 is 0 Å². The van der Waals surface area contributed by atoms with Gasteiger partial charge in [0.2, 0.25) is 0 Å². The van der Waals surface area contributed by atoms with E-state index >= 15 is 0 Å². The van der Waals surface area contributed by atoms with E-state index in [-0.39, 0.29) is 5.41 Å². The Bertz CT molecular complexity index is 579. The van der Waals surface area contributed by atoms with Gasteiger partial charge in [-0.15, -0.1) is 0 Å². The summed E-state index contributed by atoms with van der Waals surface area (Å²) in [5.41, 5.74) is 2.22. The number of ether oxygens (including phenoxy) is 1. The van der Waals surface area contributed by atoms with Gasteiger partial charge in [-0.3, -0.25) is 0 Å². The summed E-state index contributed by atoms with van der Waals surface area (Å²) in [5, 5.41) is 4.66. The van der Waals surface area contributed by atoms with Crippen LogP contribution in [-0.4, -0.2) is 40.9 Å². The lowest BCUT2D eigenvalue weighted by Crippen LogP contribution is -2.37. The molecule has 0 unspecified atom stereocenters. The van der Waals surface area contributed by atoms with Crippen molar-refractivity contribution in [3.05, 3.63) is 24.2 Å². The first-order valence-corrected chi connectivity index (χ1v) is 6.73. The van der Waals surface area contributed by atoms with Crippen LogP contribution in [0, 0.1) is 0 Å². The first kappa shape index (κ1) is 12.4.